The van der Waals surface area contributed by atoms with Gasteiger partial charge >= 0.3 is 0 Å². The van der Waals surface area contributed by atoms with Gasteiger partial charge in [0.05, 0.1) is 0 Å². The van der Waals surface area contributed by atoms with Crippen LogP contribution in [0.2, 0.25) is 0 Å². The molecule has 4 aliphatic carbocycles. The molecule has 0 aliphatic heterocycles. The highest BCUT2D eigenvalue weighted by Gasteiger charge is 2.38. The number of rotatable bonds is 4. The van der Waals surface area contributed by atoms with E-state index in [-0.39, 0.29) is 16.2 Å². The smallest absolute Gasteiger partial charge is 0.0159 e. The molecule has 0 heterocycles. The third kappa shape index (κ3) is 4.57. The largest absolute Gasteiger partial charge is 0.0984 e. The number of hydrogen-bond donors (Lipinski definition) is 0. The fourth-order valence-corrected chi connectivity index (χ4v) is 8.98. The molecular weight excluding hydrogens is 589 g/mol. The highest BCUT2D eigenvalue weighted by atomic mass is 14.4. The number of hydrogen-bond acceptors (Lipinski definition) is 0. The van der Waals surface area contributed by atoms with Crippen molar-refractivity contribution in [2.45, 2.75) is 65.7 Å². The van der Waals surface area contributed by atoms with E-state index in [1.807, 2.05) is 0 Å². The van der Waals surface area contributed by atoms with Crippen molar-refractivity contribution in [3.05, 3.63) is 190 Å². The Kier molecular flexibility index (Phi) is 6.89. The maximum absolute atomic E-state index is 4.47. The van der Waals surface area contributed by atoms with Crippen LogP contribution in [0, 0.1) is 5.41 Å². The molecule has 2 bridgehead atoms. The average Bonchev–Trinajstić information content (AvgIpc) is 3.26. The van der Waals surface area contributed by atoms with Crippen molar-refractivity contribution in [1.82, 2.24) is 0 Å². The zero-order valence-corrected chi connectivity index (χ0v) is 30.1. The van der Waals surface area contributed by atoms with Crippen molar-refractivity contribution in [3.8, 4) is 22.3 Å². The zero-order chi connectivity index (χ0) is 34.5. The molecule has 0 nitrogen and oxygen atoms in total. The van der Waals surface area contributed by atoms with Crippen molar-refractivity contribution in [3.63, 3.8) is 0 Å². The second-order valence-electron chi connectivity index (χ2n) is 16.3. The topological polar surface area (TPSA) is 0 Å². The van der Waals surface area contributed by atoms with Gasteiger partial charge in [-0.15, -0.1) is 0 Å². The Morgan fingerprint density at radius 1 is 0.551 bits per heavy atom. The Morgan fingerprint density at radius 2 is 1.00 bits per heavy atom. The monoisotopic (exact) mass is 634 g/mol. The molecule has 4 aliphatic rings. The molecule has 0 radical (unpaired) electrons. The van der Waals surface area contributed by atoms with Crippen LogP contribution in [0.25, 0.3) is 33.4 Å². The lowest BCUT2D eigenvalue weighted by Crippen LogP contribution is -2.15. The SMILES string of the molecule is C=CC1=C(C=C)C(c2ccc3c(c2)C(C)(C)c2ccccc2-3)=C2C=C(C(C)(C)C)C=CC(=C1c1ccc3c(c1)C(C)(C)c1ccccc1-3)C2. The van der Waals surface area contributed by atoms with Crippen LogP contribution < -0.4 is 0 Å². The summed E-state index contributed by atoms with van der Waals surface area (Å²) in [5.74, 6) is 0. The van der Waals surface area contributed by atoms with Crippen molar-refractivity contribution in [2.75, 3.05) is 0 Å². The summed E-state index contributed by atoms with van der Waals surface area (Å²) in [5, 5.41) is 0. The summed E-state index contributed by atoms with van der Waals surface area (Å²) in [6, 6.07) is 32.1. The first-order chi connectivity index (χ1) is 23.4. The second kappa shape index (κ2) is 10.8. The first kappa shape index (κ1) is 31.3. The minimum Gasteiger partial charge on any atom is -0.0984 e. The minimum atomic E-state index is -0.0853. The molecule has 49 heavy (non-hydrogen) atoms. The molecule has 0 N–H and O–H groups in total. The summed E-state index contributed by atoms with van der Waals surface area (Å²) >= 11 is 0. The Balaban J connectivity index is 1.39. The third-order valence-electron chi connectivity index (χ3n) is 11.7. The minimum absolute atomic E-state index is 0.00800. The van der Waals surface area contributed by atoms with Gasteiger partial charge in [-0.25, -0.2) is 0 Å². The van der Waals surface area contributed by atoms with E-state index >= 15 is 0 Å². The van der Waals surface area contributed by atoms with Crippen LogP contribution in [0.5, 0.6) is 0 Å². The van der Waals surface area contributed by atoms with Gasteiger partial charge in [0.25, 0.3) is 0 Å². The average molecular weight is 635 g/mol. The molecule has 0 atom stereocenters. The van der Waals surface area contributed by atoms with Crippen LogP contribution in [-0.4, -0.2) is 0 Å². The van der Waals surface area contributed by atoms with E-state index in [9.17, 15) is 0 Å². The molecule has 0 amide bonds. The van der Waals surface area contributed by atoms with Crippen molar-refractivity contribution >= 4 is 11.1 Å². The zero-order valence-electron chi connectivity index (χ0n) is 30.1. The molecule has 4 aromatic carbocycles. The quantitative estimate of drug-likeness (QED) is 0.210. The molecule has 0 saturated carbocycles. The Labute approximate surface area is 293 Å². The molecule has 8 rings (SSSR count). The summed E-state index contributed by atoms with van der Waals surface area (Å²) in [7, 11) is 0. The molecule has 0 heteroatoms. The van der Waals surface area contributed by atoms with E-state index in [0.717, 1.165) is 17.6 Å². The highest BCUT2D eigenvalue weighted by Crippen LogP contribution is 2.53. The second-order valence-corrected chi connectivity index (χ2v) is 16.3. The molecule has 0 unspecified atom stereocenters. The van der Waals surface area contributed by atoms with Crippen LogP contribution in [0.1, 0.15) is 88.3 Å². The number of benzene rings is 4. The van der Waals surface area contributed by atoms with Gasteiger partial charge in [0.2, 0.25) is 0 Å². The Morgan fingerprint density at radius 3 is 1.47 bits per heavy atom. The van der Waals surface area contributed by atoms with Crippen LogP contribution in [-0.2, 0) is 10.8 Å². The van der Waals surface area contributed by atoms with Gasteiger partial charge in [-0.05, 0) is 119 Å². The van der Waals surface area contributed by atoms with Gasteiger partial charge < -0.3 is 0 Å². The molecule has 242 valence electrons. The van der Waals surface area contributed by atoms with E-state index in [1.54, 1.807) is 0 Å². The molecule has 4 aromatic rings. The normalized spacial score (nSPS) is 18.3. The van der Waals surface area contributed by atoms with Gasteiger partial charge in [0.1, 0.15) is 0 Å². The summed E-state index contributed by atoms with van der Waals surface area (Å²) in [4.78, 5) is 0. The van der Waals surface area contributed by atoms with Gasteiger partial charge in [0.15, 0.2) is 0 Å². The Bertz CT molecular complexity index is 2290. The van der Waals surface area contributed by atoms with E-state index < -0.39 is 0 Å². The van der Waals surface area contributed by atoms with E-state index in [1.165, 1.54) is 83.5 Å². The first-order valence-corrected chi connectivity index (χ1v) is 17.7. The van der Waals surface area contributed by atoms with Gasteiger partial charge in [0, 0.05) is 10.8 Å². The van der Waals surface area contributed by atoms with E-state index in [0.29, 0.717) is 0 Å². The lowest BCUT2D eigenvalue weighted by atomic mass is 9.79. The first-order valence-electron chi connectivity index (χ1n) is 17.7. The van der Waals surface area contributed by atoms with Crippen LogP contribution in [0.4, 0.5) is 0 Å². The summed E-state index contributed by atoms with van der Waals surface area (Å²) in [5.41, 5.74) is 22.0. The molecule has 0 fully saturated rings. The molecule has 0 spiro atoms. The van der Waals surface area contributed by atoms with E-state index in [4.69, 9.17) is 0 Å². The van der Waals surface area contributed by atoms with Crippen molar-refractivity contribution in [2.24, 2.45) is 5.41 Å². The fourth-order valence-electron chi connectivity index (χ4n) is 8.98. The van der Waals surface area contributed by atoms with Gasteiger partial charge in [-0.3, -0.25) is 0 Å². The predicted molar refractivity (Wildman–Crippen MR) is 211 cm³/mol. The van der Waals surface area contributed by atoms with Crippen LogP contribution in [0.15, 0.2) is 156 Å². The Hall–Kier alpha value is -4.94. The molecular formula is C49H46. The number of fused-ring (bicyclic) bond motifs is 8. The van der Waals surface area contributed by atoms with Crippen molar-refractivity contribution < 1.29 is 0 Å². The summed E-state index contributed by atoms with van der Waals surface area (Å²) in [6.45, 7) is 25.3. The standard InChI is InChI=1S/C49H46/c1-10-35-36(11-2)46(32-22-25-40-38-17-13-15-19-42(38)49(8,9)44(40)29-32)33-26-30(20-23-34(27-33)47(3,4)5)45(35)31-21-24-39-37-16-12-14-18-41(37)48(6,7)43(39)28-31/h10-25,27-29H,1-2,26H2,3-9H3. The van der Waals surface area contributed by atoms with E-state index in [2.05, 4.69) is 177 Å². The molecule has 0 aromatic heterocycles. The van der Waals surface area contributed by atoms with Gasteiger partial charge in [-0.2, -0.15) is 0 Å². The van der Waals surface area contributed by atoms with Gasteiger partial charge in [-0.1, -0.05) is 165 Å². The van der Waals surface area contributed by atoms with Crippen molar-refractivity contribution in [1.29, 1.82) is 0 Å². The maximum Gasteiger partial charge on any atom is 0.0159 e. The van der Waals surface area contributed by atoms with Crippen LogP contribution in [0.3, 0.4) is 0 Å². The lowest BCUT2D eigenvalue weighted by molar-refractivity contribution is 0.517. The highest BCUT2D eigenvalue weighted by molar-refractivity contribution is 6.00. The molecule has 0 saturated heterocycles. The third-order valence-corrected chi connectivity index (χ3v) is 11.7. The van der Waals surface area contributed by atoms with Crippen LogP contribution >= 0.6 is 0 Å². The fraction of sp³-hybridized carbons (Fsp3) is 0.224. The maximum atomic E-state index is 4.47. The number of allylic oxidation sites excluding steroid dienone is 12. The summed E-state index contributed by atoms with van der Waals surface area (Å²) in [6.07, 6.45) is 12.2. The lowest BCUT2D eigenvalue weighted by Gasteiger charge is -2.24. The summed E-state index contributed by atoms with van der Waals surface area (Å²) < 4.78 is 0. The predicted octanol–water partition coefficient (Wildman–Crippen LogP) is 13.1.